The van der Waals surface area contributed by atoms with Crippen molar-refractivity contribution in [3.8, 4) is 0 Å². The largest absolute Gasteiger partial charge is 0.317 e. The number of hydrogen-bond acceptors (Lipinski definition) is 2. The normalized spacial score (nSPS) is 37.9. The van der Waals surface area contributed by atoms with Crippen LogP contribution in [0.2, 0.25) is 0 Å². The van der Waals surface area contributed by atoms with Gasteiger partial charge in [-0.15, -0.1) is 0 Å². The Hall–Kier alpha value is -0.0800. The number of rotatable bonds is 2. The van der Waals surface area contributed by atoms with E-state index in [9.17, 15) is 0 Å². The van der Waals surface area contributed by atoms with Crippen LogP contribution in [0, 0.1) is 5.41 Å². The molecule has 1 aliphatic heterocycles. The zero-order valence-electron chi connectivity index (χ0n) is 11.4. The third-order valence-electron chi connectivity index (χ3n) is 5.85. The van der Waals surface area contributed by atoms with Crippen LogP contribution in [-0.4, -0.2) is 37.1 Å². The van der Waals surface area contributed by atoms with Crippen LogP contribution < -0.4 is 5.32 Å². The molecule has 2 atom stereocenters. The second kappa shape index (κ2) is 4.89. The van der Waals surface area contributed by atoms with Crippen LogP contribution in [0.4, 0.5) is 0 Å². The summed E-state index contributed by atoms with van der Waals surface area (Å²) in [6, 6.07) is 1.69. The molecular weight excluding hydrogens is 208 g/mol. The smallest absolute Gasteiger partial charge is 0.0111 e. The van der Waals surface area contributed by atoms with Gasteiger partial charge in [0.25, 0.3) is 0 Å². The molecule has 0 aromatic heterocycles. The molecule has 98 valence electrons. The molecule has 2 nitrogen and oxygen atoms in total. The van der Waals surface area contributed by atoms with E-state index in [-0.39, 0.29) is 0 Å². The van der Waals surface area contributed by atoms with Crippen molar-refractivity contribution in [1.82, 2.24) is 10.2 Å². The molecular formula is C15H28N2. The molecule has 1 spiro atoms. The molecule has 0 amide bonds. The molecule has 3 fully saturated rings. The highest BCUT2D eigenvalue weighted by Crippen LogP contribution is 2.46. The van der Waals surface area contributed by atoms with Crippen molar-refractivity contribution in [2.24, 2.45) is 5.41 Å². The summed E-state index contributed by atoms with van der Waals surface area (Å²) < 4.78 is 0. The average Bonchev–Trinajstić information content (AvgIpc) is 3.00. The highest BCUT2D eigenvalue weighted by atomic mass is 15.2. The molecule has 17 heavy (non-hydrogen) atoms. The topological polar surface area (TPSA) is 15.3 Å². The summed E-state index contributed by atoms with van der Waals surface area (Å²) in [5, 5.41) is 3.45. The fraction of sp³-hybridized carbons (Fsp3) is 1.00. The standard InChI is InChI=1S/C15H28N2/c1-16-13-4-5-14(12-13)17-10-8-15(9-11-17)6-2-3-7-15/h13-14,16H,2-12H2,1H3. The van der Waals surface area contributed by atoms with Crippen LogP contribution >= 0.6 is 0 Å². The quantitative estimate of drug-likeness (QED) is 0.793. The predicted octanol–water partition coefficient (Wildman–Crippen LogP) is 2.78. The van der Waals surface area contributed by atoms with Crippen LogP contribution in [0.3, 0.4) is 0 Å². The Kier molecular flexibility index (Phi) is 3.45. The lowest BCUT2D eigenvalue weighted by atomic mass is 9.77. The lowest BCUT2D eigenvalue weighted by Crippen LogP contribution is -2.44. The van der Waals surface area contributed by atoms with E-state index in [0.717, 1.165) is 17.5 Å². The van der Waals surface area contributed by atoms with Crippen molar-refractivity contribution in [1.29, 1.82) is 0 Å². The molecule has 0 aromatic rings. The Morgan fingerprint density at radius 2 is 1.71 bits per heavy atom. The molecule has 3 rings (SSSR count). The molecule has 2 saturated carbocycles. The summed E-state index contributed by atoms with van der Waals surface area (Å²) in [4.78, 5) is 2.81. The summed E-state index contributed by atoms with van der Waals surface area (Å²) in [5.74, 6) is 0. The summed E-state index contributed by atoms with van der Waals surface area (Å²) >= 11 is 0. The molecule has 0 bridgehead atoms. The van der Waals surface area contributed by atoms with Gasteiger partial charge in [0.2, 0.25) is 0 Å². The van der Waals surface area contributed by atoms with Gasteiger partial charge < -0.3 is 10.2 Å². The van der Waals surface area contributed by atoms with Crippen molar-refractivity contribution in [2.75, 3.05) is 20.1 Å². The monoisotopic (exact) mass is 236 g/mol. The van der Waals surface area contributed by atoms with Gasteiger partial charge in [-0.2, -0.15) is 0 Å². The first-order chi connectivity index (χ1) is 8.31. The fourth-order valence-electron chi connectivity index (χ4n) is 4.54. The number of piperidine rings is 1. The van der Waals surface area contributed by atoms with Crippen molar-refractivity contribution in [3.63, 3.8) is 0 Å². The SMILES string of the molecule is CNC1CCC(N2CCC3(CCCC3)CC2)C1. The Labute approximate surface area is 106 Å². The lowest BCUT2D eigenvalue weighted by Gasteiger charge is -2.42. The highest BCUT2D eigenvalue weighted by molar-refractivity contribution is 4.93. The first-order valence-corrected chi connectivity index (χ1v) is 7.73. The van der Waals surface area contributed by atoms with Gasteiger partial charge in [-0.3, -0.25) is 0 Å². The third-order valence-corrected chi connectivity index (χ3v) is 5.85. The third kappa shape index (κ3) is 2.39. The van der Waals surface area contributed by atoms with Gasteiger partial charge in [0, 0.05) is 12.1 Å². The van der Waals surface area contributed by atoms with E-state index in [2.05, 4.69) is 17.3 Å². The average molecular weight is 236 g/mol. The number of nitrogens with zero attached hydrogens (tertiary/aromatic N) is 1. The van der Waals surface area contributed by atoms with E-state index in [1.54, 1.807) is 0 Å². The maximum absolute atomic E-state index is 3.45. The van der Waals surface area contributed by atoms with E-state index in [1.807, 2.05) is 0 Å². The molecule has 0 aromatic carbocycles. The van der Waals surface area contributed by atoms with Crippen LogP contribution in [0.1, 0.15) is 57.8 Å². The molecule has 3 aliphatic rings. The minimum atomic E-state index is 0.789. The molecule has 1 N–H and O–H groups in total. The molecule has 2 unspecified atom stereocenters. The van der Waals surface area contributed by atoms with E-state index < -0.39 is 0 Å². The molecule has 0 radical (unpaired) electrons. The minimum Gasteiger partial charge on any atom is -0.317 e. The fourth-order valence-corrected chi connectivity index (χ4v) is 4.54. The number of nitrogens with one attached hydrogen (secondary N) is 1. The highest BCUT2D eigenvalue weighted by Gasteiger charge is 2.39. The van der Waals surface area contributed by atoms with Gasteiger partial charge in [0.15, 0.2) is 0 Å². The van der Waals surface area contributed by atoms with E-state index >= 15 is 0 Å². The zero-order chi connectivity index (χ0) is 11.7. The van der Waals surface area contributed by atoms with Crippen molar-refractivity contribution >= 4 is 0 Å². The maximum Gasteiger partial charge on any atom is 0.0111 e. The van der Waals surface area contributed by atoms with E-state index in [1.165, 1.54) is 70.9 Å². The van der Waals surface area contributed by atoms with E-state index in [0.29, 0.717) is 0 Å². The molecule has 1 heterocycles. The van der Waals surface area contributed by atoms with Gasteiger partial charge in [0.1, 0.15) is 0 Å². The number of likely N-dealkylation sites (tertiary alicyclic amines) is 1. The van der Waals surface area contributed by atoms with E-state index in [4.69, 9.17) is 0 Å². The first-order valence-electron chi connectivity index (χ1n) is 7.73. The Morgan fingerprint density at radius 1 is 1.00 bits per heavy atom. The van der Waals surface area contributed by atoms with Crippen LogP contribution in [0.15, 0.2) is 0 Å². The van der Waals surface area contributed by atoms with Crippen molar-refractivity contribution in [2.45, 2.75) is 69.9 Å². The van der Waals surface area contributed by atoms with Crippen LogP contribution in [-0.2, 0) is 0 Å². The van der Waals surface area contributed by atoms with Gasteiger partial charge in [-0.1, -0.05) is 12.8 Å². The first kappa shape index (κ1) is 12.0. The van der Waals surface area contributed by atoms with Crippen LogP contribution in [0.5, 0.6) is 0 Å². The summed E-state index contributed by atoms with van der Waals surface area (Å²) in [7, 11) is 2.12. The number of hydrogen-bond donors (Lipinski definition) is 1. The zero-order valence-corrected chi connectivity index (χ0v) is 11.4. The minimum absolute atomic E-state index is 0.789. The van der Waals surface area contributed by atoms with Gasteiger partial charge >= 0.3 is 0 Å². The summed E-state index contributed by atoms with van der Waals surface area (Å²) in [5.41, 5.74) is 0.789. The maximum atomic E-state index is 3.45. The Balaban J connectivity index is 1.51. The molecule has 1 saturated heterocycles. The van der Waals surface area contributed by atoms with Crippen LogP contribution in [0.25, 0.3) is 0 Å². The van der Waals surface area contributed by atoms with Crippen molar-refractivity contribution in [3.05, 3.63) is 0 Å². The molecule has 2 aliphatic carbocycles. The summed E-state index contributed by atoms with van der Waals surface area (Å²) in [6.45, 7) is 2.78. The summed E-state index contributed by atoms with van der Waals surface area (Å²) in [6.07, 6.45) is 13.3. The van der Waals surface area contributed by atoms with Gasteiger partial charge in [-0.05, 0) is 70.5 Å². The Bertz CT molecular complexity index is 248. The van der Waals surface area contributed by atoms with Crippen molar-refractivity contribution < 1.29 is 0 Å². The lowest BCUT2D eigenvalue weighted by molar-refractivity contribution is 0.0770. The second-order valence-electron chi connectivity index (χ2n) is 6.70. The van der Waals surface area contributed by atoms with Gasteiger partial charge in [0.05, 0.1) is 0 Å². The second-order valence-corrected chi connectivity index (χ2v) is 6.70. The van der Waals surface area contributed by atoms with Gasteiger partial charge in [-0.25, -0.2) is 0 Å². The molecule has 2 heteroatoms. The predicted molar refractivity (Wildman–Crippen MR) is 72.2 cm³/mol. The Morgan fingerprint density at radius 3 is 2.29 bits per heavy atom.